The van der Waals surface area contributed by atoms with Crippen LogP contribution in [0.25, 0.3) is 0 Å². The summed E-state index contributed by atoms with van der Waals surface area (Å²) in [4.78, 5) is 0.138. The van der Waals surface area contributed by atoms with E-state index in [2.05, 4.69) is 4.72 Å². The Balaban J connectivity index is 3.18. The number of aliphatic hydroxyl groups excluding tert-OH is 1. The molecule has 1 aromatic carbocycles. The van der Waals surface area contributed by atoms with Crippen molar-refractivity contribution in [3.05, 3.63) is 18.2 Å². The number of aliphatic hydroxyl groups is 1. The van der Waals surface area contributed by atoms with E-state index in [4.69, 9.17) is 10.8 Å². The fraction of sp³-hybridized carbons (Fsp3) is 0.400. The van der Waals surface area contributed by atoms with Gasteiger partial charge in [-0.3, -0.25) is 0 Å². The minimum atomic E-state index is -3.67. The molecule has 1 aromatic rings. The summed E-state index contributed by atoms with van der Waals surface area (Å²) in [5.41, 5.74) is 5.67. The molecule has 17 heavy (non-hydrogen) atoms. The number of hydrogen-bond acceptors (Lipinski definition) is 4. The molecular formula is C10H17BN2O3S. The van der Waals surface area contributed by atoms with Gasteiger partial charge in [-0.15, -0.1) is 0 Å². The highest BCUT2D eigenvalue weighted by Gasteiger charge is 2.26. The van der Waals surface area contributed by atoms with Crippen molar-refractivity contribution in [3.8, 4) is 0 Å². The number of nitrogens with one attached hydrogen (secondary N) is 1. The molecule has 0 bridgehead atoms. The van der Waals surface area contributed by atoms with Crippen LogP contribution in [0.4, 0.5) is 5.69 Å². The number of rotatable bonds is 4. The Hall–Kier alpha value is -1.05. The third-order valence-electron chi connectivity index (χ3n) is 2.31. The number of benzene rings is 1. The SMILES string of the molecule is Bc1ccc(N)cc1S(=O)(=O)NC(C)(C)CO. The average Bonchev–Trinajstić information content (AvgIpc) is 2.20. The van der Waals surface area contributed by atoms with Crippen LogP contribution in [0.3, 0.4) is 0 Å². The lowest BCUT2D eigenvalue weighted by Crippen LogP contribution is -2.47. The Bertz CT molecular complexity index is 514. The van der Waals surface area contributed by atoms with Crippen molar-refractivity contribution in [1.29, 1.82) is 0 Å². The highest BCUT2D eigenvalue weighted by Crippen LogP contribution is 2.13. The minimum absolute atomic E-state index is 0.138. The highest BCUT2D eigenvalue weighted by atomic mass is 32.2. The van der Waals surface area contributed by atoms with E-state index in [9.17, 15) is 8.42 Å². The van der Waals surface area contributed by atoms with Crippen molar-refractivity contribution in [2.24, 2.45) is 0 Å². The molecule has 0 saturated carbocycles. The van der Waals surface area contributed by atoms with E-state index < -0.39 is 15.6 Å². The van der Waals surface area contributed by atoms with Gasteiger partial charge >= 0.3 is 0 Å². The molecule has 7 heteroatoms. The third kappa shape index (κ3) is 3.45. The summed E-state index contributed by atoms with van der Waals surface area (Å²) in [5.74, 6) is 0. The van der Waals surface area contributed by atoms with Crippen LogP contribution in [0.1, 0.15) is 13.8 Å². The summed E-state index contributed by atoms with van der Waals surface area (Å²) < 4.78 is 26.6. The van der Waals surface area contributed by atoms with Crippen LogP contribution in [-0.4, -0.2) is 33.5 Å². The van der Waals surface area contributed by atoms with Crippen LogP contribution in [0.15, 0.2) is 23.1 Å². The molecule has 1 rings (SSSR count). The Kier molecular flexibility index (Phi) is 3.86. The molecule has 5 nitrogen and oxygen atoms in total. The van der Waals surface area contributed by atoms with Gasteiger partial charge in [0.1, 0.15) is 7.85 Å². The summed E-state index contributed by atoms with van der Waals surface area (Å²) in [6, 6.07) is 4.70. The quantitative estimate of drug-likeness (QED) is 0.455. The number of nitrogens with two attached hydrogens (primary N) is 1. The first-order chi connectivity index (χ1) is 7.68. The zero-order valence-electron chi connectivity index (χ0n) is 10.2. The van der Waals surface area contributed by atoms with Crippen molar-refractivity contribution in [3.63, 3.8) is 0 Å². The second-order valence-corrected chi connectivity index (χ2v) is 6.32. The van der Waals surface area contributed by atoms with Gasteiger partial charge in [-0.1, -0.05) is 11.5 Å². The van der Waals surface area contributed by atoms with E-state index in [-0.39, 0.29) is 11.5 Å². The Labute approximate surface area is 102 Å². The minimum Gasteiger partial charge on any atom is -0.399 e. The summed E-state index contributed by atoms with van der Waals surface area (Å²) in [6.07, 6.45) is 0. The number of hydrogen-bond donors (Lipinski definition) is 3. The smallest absolute Gasteiger partial charge is 0.240 e. The van der Waals surface area contributed by atoms with Gasteiger partial charge in [-0.2, -0.15) is 0 Å². The van der Waals surface area contributed by atoms with Gasteiger partial charge < -0.3 is 10.8 Å². The fourth-order valence-electron chi connectivity index (χ4n) is 1.36. The molecule has 94 valence electrons. The molecule has 0 amide bonds. The number of nitrogen functional groups attached to an aromatic ring is 1. The lowest BCUT2D eigenvalue weighted by molar-refractivity contribution is 0.208. The average molecular weight is 256 g/mol. The first-order valence-corrected chi connectivity index (χ1v) is 6.67. The summed E-state index contributed by atoms with van der Waals surface area (Å²) >= 11 is 0. The molecule has 0 aromatic heterocycles. The van der Waals surface area contributed by atoms with Crippen LogP contribution in [-0.2, 0) is 10.0 Å². The maximum Gasteiger partial charge on any atom is 0.240 e. The monoisotopic (exact) mass is 256 g/mol. The van der Waals surface area contributed by atoms with Gasteiger partial charge in [0.2, 0.25) is 10.0 Å². The van der Waals surface area contributed by atoms with Gasteiger partial charge in [0.25, 0.3) is 0 Å². The van der Waals surface area contributed by atoms with E-state index >= 15 is 0 Å². The van der Waals surface area contributed by atoms with Gasteiger partial charge in [-0.05, 0) is 26.0 Å². The molecule has 0 aliphatic carbocycles. The van der Waals surface area contributed by atoms with E-state index in [1.807, 2.05) is 0 Å². The van der Waals surface area contributed by atoms with Crippen molar-refractivity contribution in [2.75, 3.05) is 12.3 Å². The standard InChI is InChI=1S/C10H17BN2O3S/c1-10(2,6-14)13-17(15,16)9-5-7(12)3-4-8(9)11/h3-5,13-14H,6,11-12H2,1-2H3. The van der Waals surface area contributed by atoms with Gasteiger partial charge in [0.15, 0.2) is 0 Å². The molecule has 0 heterocycles. The van der Waals surface area contributed by atoms with Crippen molar-refractivity contribution >= 4 is 29.0 Å². The number of sulfonamides is 1. The Morgan fingerprint density at radius 3 is 2.59 bits per heavy atom. The fourth-order valence-corrected chi connectivity index (χ4v) is 3.04. The molecule has 0 saturated heterocycles. The Morgan fingerprint density at radius 2 is 2.06 bits per heavy atom. The second-order valence-electron chi connectivity index (χ2n) is 4.67. The van der Waals surface area contributed by atoms with Crippen molar-refractivity contribution < 1.29 is 13.5 Å². The lowest BCUT2D eigenvalue weighted by Gasteiger charge is -2.23. The Morgan fingerprint density at radius 1 is 1.47 bits per heavy atom. The van der Waals surface area contributed by atoms with Crippen LogP contribution >= 0.6 is 0 Å². The zero-order chi connectivity index (χ0) is 13.3. The van der Waals surface area contributed by atoms with Gasteiger partial charge in [0, 0.05) is 5.69 Å². The third-order valence-corrected chi connectivity index (χ3v) is 4.15. The predicted octanol–water partition coefficient (Wildman–Crippen LogP) is -1.42. The van der Waals surface area contributed by atoms with Crippen LogP contribution in [0.2, 0.25) is 0 Å². The maximum atomic E-state index is 12.1. The molecular weight excluding hydrogens is 239 g/mol. The van der Waals surface area contributed by atoms with E-state index in [0.717, 1.165) is 0 Å². The van der Waals surface area contributed by atoms with E-state index in [1.165, 1.54) is 6.07 Å². The second kappa shape index (κ2) is 4.68. The molecule has 4 N–H and O–H groups in total. The number of anilines is 1. The van der Waals surface area contributed by atoms with Crippen molar-refractivity contribution in [2.45, 2.75) is 24.3 Å². The molecule has 0 aliphatic rings. The van der Waals surface area contributed by atoms with Crippen LogP contribution < -0.4 is 15.9 Å². The van der Waals surface area contributed by atoms with Gasteiger partial charge in [-0.25, -0.2) is 13.1 Å². The zero-order valence-corrected chi connectivity index (χ0v) is 11.0. The summed E-state index contributed by atoms with van der Waals surface area (Å²) in [6.45, 7) is 2.92. The molecule has 0 atom stereocenters. The molecule has 0 radical (unpaired) electrons. The molecule has 0 unspecified atom stereocenters. The van der Waals surface area contributed by atoms with Gasteiger partial charge in [0.05, 0.1) is 17.0 Å². The highest BCUT2D eigenvalue weighted by molar-refractivity contribution is 7.89. The maximum absolute atomic E-state index is 12.1. The van der Waals surface area contributed by atoms with Crippen LogP contribution in [0, 0.1) is 0 Å². The predicted molar refractivity (Wildman–Crippen MR) is 70.5 cm³/mol. The van der Waals surface area contributed by atoms with Crippen LogP contribution in [0.5, 0.6) is 0 Å². The summed E-state index contributed by atoms with van der Waals surface area (Å²) in [5, 5.41) is 9.08. The van der Waals surface area contributed by atoms with E-state index in [0.29, 0.717) is 11.2 Å². The molecule has 0 spiro atoms. The van der Waals surface area contributed by atoms with E-state index in [1.54, 1.807) is 33.8 Å². The largest absolute Gasteiger partial charge is 0.399 e. The lowest BCUT2D eigenvalue weighted by atomic mass is 9.96. The topological polar surface area (TPSA) is 92.4 Å². The van der Waals surface area contributed by atoms with Crippen molar-refractivity contribution in [1.82, 2.24) is 4.72 Å². The first-order valence-electron chi connectivity index (χ1n) is 5.19. The molecule has 0 fully saturated rings. The first kappa shape index (κ1) is 14.0. The normalized spacial score (nSPS) is 12.6. The summed E-state index contributed by atoms with van der Waals surface area (Å²) in [7, 11) is -1.98. The molecule has 0 aliphatic heterocycles.